The van der Waals surface area contributed by atoms with Crippen molar-refractivity contribution in [1.29, 1.82) is 0 Å². The number of aryl methyl sites for hydroxylation is 1. The molecule has 0 spiro atoms. The van der Waals surface area contributed by atoms with Crippen LogP contribution in [0.4, 0.5) is 17.6 Å². The number of halogens is 4. The van der Waals surface area contributed by atoms with Gasteiger partial charge in [0.25, 0.3) is 0 Å². The number of benzene rings is 2. The first kappa shape index (κ1) is 14.6. The lowest BCUT2D eigenvalue weighted by molar-refractivity contribution is -0.136. The van der Waals surface area contributed by atoms with Gasteiger partial charge < -0.3 is 0 Å². The van der Waals surface area contributed by atoms with Crippen molar-refractivity contribution in [3.63, 3.8) is 0 Å². The molecule has 2 aromatic rings. The van der Waals surface area contributed by atoms with E-state index in [0.29, 0.717) is 11.1 Å². The summed E-state index contributed by atoms with van der Waals surface area (Å²) in [4.78, 5) is 0. The third-order valence-electron chi connectivity index (χ3n) is 3.17. The Labute approximate surface area is 115 Å². The van der Waals surface area contributed by atoms with Gasteiger partial charge in [-0.3, -0.25) is 0 Å². The molecule has 0 saturated carbocycles. The fourth-order valence-corrected chi connectivity index (χ4v) is 2.18. The zero-order valence-electron chi connectivity index (χ0n) is 10.9. The Morgan fingerprint density at radius 2 is 1.60 bits per heavy atom. The molecule has 1 atom stereocenters. The second kappa shape index (κ2) is 5.65. The maximum Gasteiger partial charge on any atom is 0.390 e. The average Bonchev–Trinajstić information content (AvgIpc) is 2.36. The van der Waals surface area contributed by atoms with Gasteiger partial charge in [0, 0.05) is 5.92 Å². The highest BCUT2D eigenvalue weighted by Gasteiger charge is 2.33. The Morgan fingerprint density at radius 3 is 2.15 bits per heavy atom. The van der Waals surface area contributed by atoms with Crippen molar-refractivity contribution in [3.05, 3.63) is 71.0 Å². The number of hydrogen-bond donors (Lipinski definition) is 0. The van der Waals surface area contributed by atoms with Crippen LogP contribution in [0.25, 0.3) is 0 Å². The second-order valence-corrected chi connectivity index (χ2v) is 4.84. The molecule has 2 rings (SSSR count). The predicted molar refractivity (Wildman–Crippen MR) is 70.1 cm³/mol. The lowest BCUT2D eigenvalue weighted by Crippen LogP contribution is -2.15. The van der Waals surface area contributed by atoms with Crippen LogP contribution in [-0.4, -0.2) is 6.18 Å². The highest BCUT2D eigenvalue weighted by atomic mass is 19.4. The zero-order chi connectivity index (χ0) is 14.8. The molecular formula is C16H14F4. The van der Waals surface area contributed by atoms with Gasteiger partial charge >= 0.3 is 6.18 Å². The smallest absolute Gasteiger partial charge is 0.207 e. The molecule has 0 nitrogen and oxygen atoms in total. The molecule has 1 unspecified atom stereocenters. The minimum atomic E-state index is -4.30. The zero-order valence-corrected chi connectivity index (χ0v) is 10.9. The van der Waals surface area contributed by atoms with Gasteiger partial charge in [-0.15, -0.1) is 0 Å². The van der Waals surface area contributed by atoms with Gasteiger partial charge in [0.2, 0.25) is 0 Å². The summed E-state index contributed by atoms with van der Waals surface area (Å²) in [7, 11) is 0. The van der Waals surface area contributed by atoms with E-state index in [4.69, 9.17) is 0 Å². The van der Waals surface area contributed by atoms with Gasteiger partial charge in [-0.05, 0) is 30.2 Å². The van der Waals surface area contributed by atoms with E-state index in [1.165, 1.54) is 18.2 Å². The fourth-order valence-electron chi connectivity index (χ4n) is 2.18. The molecule has 0 saturated heterocycles. The van der Waals surface area contributed by atoms with Crippen LogP contribution in [0.2, 0.25) is 0 Å². The summed E-state index contributed by atoms with van der Waals surface area (Å²) in [6.45, 7) is 1.87. The molecule has 0 aromatic heterocycles. The Hall–Kier alpha value is -1.84. The summed E-state index contributed by atoms with van der Waals surface area (Å²) in [6, 6.07) is 12.2. The molecule has 0 aliphatic heterocycles. The van der Waals surface area contributed by atoms with Gasteiger partial charge in [0.1, 0.15) is 5.82 Å². The van der Waals surface area contributed by atoms with Crippen molar-refractivity contribution in [2.24, 2.45) is 0 Å². The van der Waals surface area contributed by atoms with Crippen LogP contribution in [0.15, 0.2) is 48.5 Å². The molecule has 2 aromatic carbocycles. The topological polar surface area (TPSA) is 0 Å². The minimum absolute atomic E-state index is 0.339. The molecule has 0 aliphatic rings. The summed E-state index contributed by atoms with van der Waals surface area (Å²) in [5.41, 5.74) is 1.85. The van der Waals surface area contributed by atoms with Gasteiger partial charge in [0.05, 0.1) is 6.42 Å². The largest absolute Gasteiger partial charge is 0.390 e. The van der Waals surface area contributed by atoms with Crippen molar-refractivity contribution in [2.45, 2.75) is 25.4 Å². The highest BCUT2D eigenvalue weighted by Crippen LogP contribution is 2.36. The van der Waals surface area contributed by atoms with E-state index in [2.05, 4.69) is 0 Å². The normalized spacial score (nSPS) is 13.2. The van der Waals surface area contributed by atoms with Gasteiger partial charge in [-0.2, -0.15) is 13.2 Å². The lowest BCUT2D eigenvalue weighted by Gasteiger charge is -2.20. The van der Waals surface area contributed by atoms with Crippen LogP contribution < -0.4 is 0 Å². The van der Waals surface area contributed by atoms with Crippen LogP contribution in [0.3, 0.4) is 0 Å². The molecule has 0 amide bonds. The van der Waals surface area contributed by atoms with Gasteiger partial charge in [0.15, 0.2) is 0 Å². The molecule has 0 heterocycles. The Morgan fingerprint density at radius 1 is 0.950 bits per heavy atom. The molecule has 0 fully saturated rings. The molecule has 0 N–H and O–H groups in total. The van der Waals surface area contributed by atoms with Crippen molar-refractivity contribution < 1.29 is 17.6 Å². The first-order valence-electron chi connectivity index (χ1n) is 6.24. The molecular weight excluding hydrogens is 268 g/mol. The van der Waals surface area contributed by atoms with Crippen LogP contribution in [0.5, 0.6) is 0 Å². The average molecular weight is 282 g/mol. The molecule has 0 aliphatic carbocycles. The Balaban J connectivity index is 2.41. The predicted octanol–water partition coefficient (Wildman–Crippen LogP) is 5.22. The molecule has 0 bridgehead atoms. The number of hydrogen-bond acceptors (Lipinski definition) is 0. The maximum absolute atomic E-state index is 13.3. The summed E-state index contributed by atoms with van der Waals surface area (Å²) in [6.07, 6.45) is -5.30. The van der Waals surface area contributed by atoms with Crippen molar-refractivity contribution in [3.8, 4) is 0 Å². The number of rotatable bonds is 3. The SMILES string of the molecule is Cc1ccc(C(CC(F)(F)F)c2cccc(F)c2)cc1. The summed E-state index contributed by atoms with van der Waals surface area (Å²) in [5, 5.41) is 0. The monoisotopic (exact) mass is 282 g/mol. The van der Waals surface area contributed by atoms with Gasteiger partial charge in [-0.1, -0.05) is 42.0 Å². The standard InChI is InChI=1S/C16H14F4/c1-11-5-7-12(8-6-11)15(10-16(18,19)20)13-3-2-4-14(17)9-13/h2-9,15H,10H2,1H3. The van der Waals surface area contributed by atoms with E-state index in [-0.39, 0.29) is 0 Å². The summed E-state index contributed by atoms with van der Waals surface area (Å²) in [5.74, 6) is -1.41. The third kappa shape index (κ3) is 3.83. The first-order valence-corrected chi connectivity index (χ1v) is 6.24. The molecule has 106 valence electrons. The first-order chi connectivity index (χ1) is 9.35. The maximum atomic E-state index is 13.3. The third-order valence-corrected chi connectivity index (χ3v) is 3.17. The van der Waals surface area contributed by atoms with E-state index < -0.39 is 24.3 Å². The Kier molecular flexibility index (Phi) is 4.12. The molecule has 4 heteroatoms. The van der Waals surface area contributed by atoms with Crippen molar-refractivity contribution in [1.82, 2.24) is 0 Å². The number of alkyl halides is 3. The summed E-state index contributed by atoms with van der Waals surface area (Å²) >= 11 is 0. The van der Waals surface area contributed by atoms with E-state index in [9.17, 15) is 17.6 Å². The van der Waals surface area contributed by atoms with Crippen molar-refractivity contribution >= 4 is 0 Å². The van der Waals surface area contributed by atoms with E-state index in [1.54, 1.807) is 24.3 Å². The van der Waals surface area contributed by atoms with Crippen LogP contribution in [0, 0.1) is 12.7 Å². The quantitative estimate of drug-likeness (QED) is 0.677. The van der Waals surface area contributed by atoms with Crippen LogP contribution >= 0.6 is 0 Å². The second-order valence-electron chi connectivity index (χ2n) is 4.84. The minimum Gasteiger partial charge on any atom is -0.207 e. The van der Waals surface area contributed by atoms with E-state index in [0.717, 1.165) is 11.6 Å². The fraction of sp³-hybridized carbons (Fsp3) is 0.250. The molecule has 20 heavy (non-hydrogen) atoms. The van der Waals surface area contributed by atoms with E-state index in [1.807, 2.05) is 6.92 Å². The molecule has 0 radical (unpaired) electrons. The highest BCUT2D eigenvalue weighted by molar-refractivity contribution is 5.34. The lowest BCUT2D eigenvalue weighted by atomic mass is 9.88. The van der Waals surface area contributed by atoms with Crippen molar-refractivity contribution in [2.75, 3.05) is 0 Å². The Bertz CT molecular complexity index is 570. The van der Waals surface area contributed by atoms with Gasteiger partial charge in [-0.25, -0.2) is 4.39 Å². The van der Waals surface area contributed by atoms with E-state index >= 15 is 0 Å². The van der Waals surface area contributed by atoms with Crippen LogP contribution in [-0.2, 0) is 0 Å². The summed E-state index contributed by atoms with van der Waals surface area (Å²) < 4.78 is 51.5. The van der Waals surface area contributed by atoms with Crippen LogP contribution in [0.1, 0.15) is 29.0 Å².